The summed E-state index contributed by atoms with van der Waals surface area (Å²) in [6.45, 7) is 1.54. The Morgan fingerprint density at radius 3 is 2.13 bits per heavy atom. The molecule has 17 heteroatoms. The van der Waals surface area contributed by atoms with Crippen molar-refractivity contribution < 1.29 is 42.1 Å². The van der Waals surface area contributed by atoms with Crippen LogP contribution in [0.4, 0.5) is 10.7 Å². The number of carbonyl (C=O) groups is 3. The van der Waals surface area contributed by atoms with E-state index in [1.165, 1.54) is 51.5 Å². The van der Waals surface area contributed by atoms with Crippen LogP contribution in [0.3, 0.4) is 0 Å². The number of nitrogens with zero attached hydrogens (tertiary/aromatic N) is 3. The van der Waals surface area contributed by atoms with Gasteiger partial charge >= 0.3 is 24.0 Å². The molecule has 3 aromatic rings. The number of aromatic carboxylic acids is 1. The molecule has 2 amide bonds. The van der Waals surface area contributed by atoms with Crippen LogP contribution >= 0.6 is 23.2 Å². The van der Waals surface area contributed by atoms with Crippen LogP contribution in [0.2, 0.25) is 10.0 Å². The second-order valence-corrected chi connectivity index (χ2v) is 9.45. The number of aryl methyl sites for hydroxylation is 1. The minimum atomic E-state index is -4.36. The smallest absolute Gasteiger partial charge is 0.341 e. The standard InChI is InChI=1S/C14H15N5O6S.C8H6Cl2O3/c1-8-15-12(18-14(16-8)25-3)17-13(21)19-26(22,23)10-7-5-4-6-9(10)11(20)24-2;1-13-7-5(10)3-2-4(9)6(7)8(11)12/h4-7H,1-3H3,(H2,15,16,17,18,19,21);2-3H,1H3,(H,11,12). The molecule has 14 nitrogen and oxygen atoms in total. The molecule has 1 aromatic heterocycles. The molecular weight excluding hydrogens is 581 g/mol. The number of hydrogen-bond acceptors (Lipinski definition) is 11. The average molecular weight is 602 g/mol. The number of carboxylic acid groups (broad SMARTS) is 1. The number of sulfonamides is 1. The van der Waals surface area contributed by atoms with E-state index in [9.17, 15) is 22.8 Å². The highest BCUT2D eigenvalue weighted by molar-refractivity contribution is 7.90. The van der Waals surface area contributed by atoms with E-state index in [4.69, 9.17) is 37.8 Å². The third kappa shape index (κ3) is 8.13. The van der Waals surface area contributed by atoms with Gasteiger partial charge in [-0.1, -0.05) is 35.3 Å². The maximum Gasteiger partial charge on any atom is 0.341 e. The number of rotatable bonds is 7. The summed E-state index contributed by atoms with van der Waals surface area (Å²) in [7, 11) is -0.580. The number of hydrogen-bond donors (Lipinski definition) is 3. The summed E-state index contributed by atoms with van der Waals surface area (Å²) in [6.07, 6.45) is 0. The average Bonchev–Trinajstić information content (AvgIpc) is 2.88. The van der Waals surface area contributed by atoms with Gasteiger partial charge in [0.15, 0.2) is 5.75 Å². The van der Waals surface area contributed by atoms with E-state index in [-0.39, 0.29) is 44.7 Å². The number of ether oxygens (including phenoxy) is 3. The highest BCUT2D eigenvalue weighted by atomic mass is 35.5. The molecule has 0 unspecified atom stereocenters. The lowest BCUT2D eigenvalue weighted by Gasteiger charge is -2.11. The SMILES string of the molecule is COC(=O)c1ccccc1S(=O)(=O)NC(=O)Nc1nc(C)nc(OC)n1.COc1c(Cl)ccc(Cl)c1C(=O)O. The maximum atomic E-state index is 12.4. The van der Waals surface area contributed by atoms with Gasteiger partial charge in [-0.3, -0.25) is 5.32 Å². The molecule has 0 aliphatic heterocycles. The van der Waals surface area contributed by atoms with Crippen LogP contribution in [-0.4, -0.2) is 67.8 Å². The third-order valence-electron chi connectivity index (χ3n) is 4.42. The van der Waals surface area contributed by atoms with Crippen LogP contribution < -0.4 is 19.5 Å². The predicted molar refractivity (Wildman–Crippen MR) is 138 cm³/mol. The van der Waals surface area contributed by atoms with Crippen molar-refractivity contribution in [3.05, 3.63) is 63.4 Å². The van der Waals surface area contributed by atoms with Crippen molar-refractivity contribution in [3.8, 4) is 11.8 Å². The Labute approximate surface area is 232 Å². The third-order valence-corrected chi connectivity index (χ3v) is 6.42. The van der Waals surface area contributed by atoms with Crippen LogP contribution in [0.1, 0.15) is 26.5 Å². The number of amides is 2. The molecule has 0 fully saturated rings. The van der Waals surface area contributed by atoms with Gasteiger partial charge in [0.05, 0.1) is 36.9 Å². The van der Waals surface area contributed by atoms with Crippen LogP contribution in [-0.2, 0) is 14.8 Å². The van der Waals surface area contributed by atoms with Gasteiger partial charge in [0, 0.05) is 0 Å². The first-order chi connectivity index (χ1) is 18.3. The van der Waals surface area contributed by atoms with Gasteiger partial charge in [-0.25, -0.2) is 27.5 Å². The zero-order valence-corrected chi connectivity index (χ0v) is 23.0. The summed E-state index contributed by atoms with van der Waals surface area (Å²) in [5.74, 6) is -1.88. The quantitative estimate of drug-likeness (QED) is 0.335. The lowest BCUT2D eigenvalue weighted by molar-refractivity contribution is 0.0595. The summed E-state index contributed by atoms with van der Waals surface area (Å²) in [4.78, 5) is 45.5. The fourth-order valence-electron chi connectivity index (χ4n) is 2.82. The fraction of sp³-hybridized carbons (Fsp3) is 0.182. The van der Waals surface area contributed by atoms with Gasteiger partial charge in [0.1, 0.15) is 16.3 Å². The van der Waals surface area contributed by atoms with E-state index in [2.05, 4.69) is 25.0 Å². The second-order valence-electron chi connectivity index (χ2n) is 6.98. The van der Waals surface area contributed by atoms with Crippen LogP contribution in [0, 0.1) is 6.92 Å². The van der Waals surface area contributed by atoms with E-state index in [0.717, 1.165) is 13.2 Å². The second kappa shape index (κ2) is 13.5. The Kier molecular flexibility index (Phi) is 10.8. The lowest BCUT2D eigenvalue weighted by atomic mass is 10.2. The van der Waals surface area contributed by atoms with Gasteiger partial charge in [0.2, 0.25) is 5.95 Å². The molecule has 208 valence electrons. The van der Waals surface area contributed by atoms with Crippen molar-refractivity contribution in [2.45, 2.75) is 11.8 Å². The summed E-state index contributed by atoms with van der Waals surface area (Å²) in [5, 5.41) is 11.3. The monoisotopic (exact) mass is 601 g/mol. The lowest BCUT2D eigenvalue weighted by Crippen LogP contribution is -2.35. The molecule has 0 spiro atoms. The molecule has 0 radical (unpaired) electrons. The Morgan fingerprint density at radius 2 is 1.56 bits per heavy atom. The number of carbonyl (C=O) groups excluding carboxylic acids is 2. The first-order valence-electron chi connectivity index (χ1n) is 10.4. The molecule has 0 atom stereocenters. The van der Waals surface area contributed by atoms with Crippen molar-refractivity contribution in [1.82, 2.24) is 19.7 Å². The van der Waals surface area contributed by atoms with Crippen LogP contribution in [0.15, 0.2) is 41.3 Å². The van der Waals surface area contributed by atoms with Crippen molar-refractivity contribution in [2.24, 2.45) is 0 Å². The van der Waals surface area contributed by atoms with Crippen LogP contribution in [0.25, 0.3) is 0 Å². The number of aromatic nitrogens is 3. The Balaban J connectivity index is 0.000000344. The number of carboxylic acids is 1. The molecule has 0 aliphatic rings. The van der Waals surface area contributed by atoms with E-state index < -0.39 is 32.9 Å². The summed E-state index contributed by atoms with van der Waals surface area (Å²) < 4.78 is 40.8. The molecule has 1 heterocycles. The number of benzene rings is 2. The highest BCUT2D eigenvalue weighted by Gasteiger charge is 2.25. The Hall–Kier alpha value is -4.21. The highest BCUT2D eigenvalue weighted by Crippen LogP contribution is 2.33. The summed E-state index contributed by atoms with van der Waals surface area (Å²) >= 11 is 11.4. The van der Waals surface area contributed by atoms with Crippen LogP contribution in [0.5, 0.6) is 11.8 Å². The first kappa shape index (κ1) is 31.0. The van der Waals surface area contributed by atoms with E-state index in [1.807, 2.05) is 0 Å². The van der Waals surface area contributed by atoms with Gasteiger partial charge in [-0.15, -0.1) is 0 Å². The minimum Gasteiger partial charge on any atom is -0.494 e. The normalized spacial score (nSPS) is 10.4. The molecule has 3 N–H and O–H groups in total. The summed E-state index contributed by atoms with van der Waals surface area (Å²) in [6, 6.07) is 7.01. The number of esters is 1. The molecule has 0 bridgehead atoms. The van der Waals surface area contributed by atoms with E-state index in [1.54, 1.807) is 4.72 Å². The Morgan fingerprint density at radius 1 is 0.923 bits per heavy atom. The molecule has 0 saturated heterocycles. The van der Waals surface area contributed by atoms with Gasteiger partial charge in [-0.2, -0.15) is 15.0 Å². The van der Waals surface area contributed by atoms with Crippen molar-refractivity contribution in [3.63, 3.8) is 0 Å². The number of anilines is 1. The van der Waals surface area contributed by atoms with Gasteiger partial charge in [-0.05, 0) is 31.2 Å². The van der Waals surface area contributed by atoms with E-state index >= 15 is 0 Å². The zero-order valence-electron chi connectivity index (χ0n) is 20.7. The Bertz CT molecular complexity index is 1500. The molecule has 3 rings (SSSR count). The minimum absolute atomic E-state index is 0.0494. The molecule has 39 heavy (non-hydrogen) atoms. The van der Waals surface area contributed by atoms with E-state index in [0.29, 0.717) is 0 Å². The van der Waals surface area contributed by atoms with Gasteiger partial charge < -0.3 is 19.3 Å². The number of methoxy groups -OCH3 is 3. The zero-order chi connectivity index (χ0) is 29.3. The first-order valence-corrected chi connectivity index (χ1v) is 12.6. The topological polar surface area (TPSA) is 196 Å². The number of urea groups is 1. The maximum absolute atomic E-state index is 12.4. The predicted octanol–water partition coefficient (Wildman–Crippen LogP) is 3.19. The van der Waals surface area contributed by atoms with Gasteiger partial charge in [0.25, 0.3) is 10.0 Å². The number of nitrogens with one attached hydrogen (secondary N) is 2. The molecule has 2 aromatic carbocycles. The fourth-order valence-corrected chi connectivity index (χ4v) is 4.39. The van der Waals surface area contributed by atoms with Crippen molar-refractivity contribution in [2.75, 3.05) is 26.6 Å². The molecular formula is C22H21Cl2N5O9S. The largest absolute Gasteiger partial charge is 0.494 e. The van der Waals surface area contributed by atoms with Crippen molar-refractivity contribution in [1.29, 1.82) is 0 Å². The van der Waals surface area contributed by atoms with Crippen molar-refractivity contribution >= 4 is 57.1 Å². The number of halogens is 2. The molecule has 0 aliphatic carbocycles. The molecule has 0 saturated carbocycles. The summed E-state index contributed by atoms with van der Waals surface area (Å²) in [5.41, 5.74) is -0.329.